The summed E-state index contributed by atoms with van der Waals surface area (Å²) in [5.74, 6) is 4.31. The van der Waals surface area contributed by atoms with Crippen LogP contribution in [-0.2, 0) is 0 Å². The Kier molecular flexibility index (Phi) is 4.39. The highest BCUT2D eigenvalue weighted by Gasteiger charge is 2.43. The second kappa shape index (κ2) is 6.27. The molecule has 4 atom stereocenters. The average Bonchev–Trinajstić information content (AvgIpc) is 3.14. The molecule has 0 aliphatic heterocycles. The molecule has 3 rings (SSSR count). The quantitative estimate of drug-likeness (QED) is 0.864. The van der Waals surface area contributed by atoms with Gasteiger partial charge in [0.25, 0.3) is 0 Å². The van der Waals surface area contributed by atoms with Crippen LogP contribution in [-0.4, -0.2) is 20.8 Å². The largest absolute Gasteiger partial charge is 0.493 e. The number of nitrogens with one attached hydrogen (secondary N) is 1. The standard InChI is InChI=1S/C18H27NO2/c1-4-19-18(15-10-12-5-6-13(15)9-12)14-7-8-16(20-2)17(11-14)21-3/h7-8,11-13,15,18-19H,4-6,9-10H2,1-3H3. The molecule has 2 bridgehead atoms. The van der Waals surface area contributed by atoms with E-state index in [1.807, 2.05) is 6.07 Å². The third-order valence-electron chi connectivity index (χ3n) is 5.41. The van der Waals surface area contributed by atoms with Crippen molar-refractivity contribution in [1.82, 2.24) is 5.32 Å². The smallest absolute Gasteiger partial charge is 0.161 e. The zero-order valence-electron chi connectivity index (χ0n) is 13.4. The molecule has 116 valence electrons. The fraction of sp³-hybridized carbons (Fsp3) is 0.667. The van der Waals surface area contributed by atoms with Gasteiger partial charge in [-0.2, -0.15) is 0 Å². The first kappa shape index (κ1) is 14.7. The van der Waals surface area contributed by atoms with Gasteiger partial charge >= 0.3 is 0 Å². The van der Waals surface area contributed by atoms with E-state index >= 15 is 0 Å². The highest BCUT2D eigenvalue weighted by Crippen LogP contribution is 2.52. The number of ether oxygens (including phenoxy) is 2. The zero-order chi connectivity index (χ0) is 14.8. The summed E-state index contributed by atoms with van der Waals surface area (Å²) >= 11 is 0. The number of hydrogen-bond donors (Lipinski definition) is 1. The van der Waals surface area contributed by atoms with Crippen molar-refractivity contribution >= 4 is 0 Å². The minimum Gasteiger partial charge on any atom is -0.493 e. The summed E-state index contributed by atoms with van der Waals surface area (Å²) < 4.78 is 10.8. The van der Waals surface area contributed by atoms with E-state index < -0.39 is 0 Å². The maximum atomic E-state index is 5.48. The maximum Gasteiger partial charge on any atom is 0.161 e. The van der Waals surface area contributed by atoms with Crippen LogP contribution in [0.2, 0.25) is 0 Å². The molecule has 2 aliphatic carbocycles. The number of rotatable bonds is 6. The number of hydrogen-bond acceptors (Lipinski definition) is 3. The van der Waals surface area contributed by atoms with E-state index in [0.717, 1.165) is 35.8 Å². The van der Waals surface area contributed by atoms with Gasteiger partial charge in [0.1, 0.15) is 0 Å². The first-order valence-corrected chi connectivity index (χ1v) is 8.22. The molecule has 0 heterocycles. The first-order valence-electron chi connectivity index (χ1n) is 8.22. The Morgan fingerprint density at radius 2 is 1.95 bits per heavy atom. The van der Waals surface area contributed by atoms with Gasteiger partial charge in [0.05, 0.1) is 14.2 Å². The second-order valence-electron chi connectivity index (χ2n) is 6.49. The van der Waals surface area contributed by atoms with Crippen molar-refractivity contribution in [2.24, 2.45) is 17.8 Å². The predicted molar refractivity (Wildman–Crippen MR) is 84.9 cm³/mol. The maximum absolute atomic E-state index is 5.48. The molecule has 1 aromatic carbocycles. The van der Waals surface area contributed by atoms with Gasteiger partial charge in [0, 0.05) is 6.04 Å². The van der Waals surface area contributed by atoms with Gasteiger partial charge in [-0.15, -0.1) is 0 Å². The first-order chi connectivity index (χ1) is 10.3. The SMILES string of the molecule is CCNC(c1ccc(OC)c(OC)c1)C1CC2CCC1C2. The van der Waals surface area contributed by atoms with Crippen molar-refractivity contribution in [2.75, 3.05) is 20.8 Å². The Hall–Kier alpha value is -1.22. The normalized spacial score (nSPS) is 28.6. The van der Waals surface area contributed by atoms with Crippen LogP contribution in [0, 0.1) is 17.8 Å². The van der Waals surface area contributed by atoms with Crippen LogP contribution in [0.5, 0.6) is 11.5 Å². The van der Waals surface area contributed by atoms with E-state index in [4.69, 9.17) is 9.47 Å². The van der Waals surface area contributed by atoms with Crippen molar-refractivity contribution in [3.8, 4) is 11.5 Å². The molecular weight excluding hydrogens is 262 g/mol. The Labute approximate surface area is 128 Å². The van der Waals surface area contributed by atoms with Crippen LogP contribution in [0.4, 0.5) is 0 Å². The van der Waals surface area contributed by atoms with Crippen LogP contribution in [0.25, 0.3) is 0 Å². The predicted octanol–water partition coefficient (Wildman–Crippen LogP) is 3.79. The lowest BCUT2D eigenvalue weighted by Gasteiger charge is -2.32. The van der Waals surface area contributed by atoms with Crippen molar-refractivity contribution in [3.05, 3.63) is 23.8 Å². The lowest BCUT2D eigenvalue weighted by atomic mass is 9.80. The van der Waals surface area contributed by atoms with Gasteiger partial charge in [-0.25, -0.2) is 0 Å². The molecular formula is C18H27NO2. The van der Waals surface area contributed by atoms with Crippen molar-refractivity contribution in [2.45, 2.75) is 38.6 Å². The summed E-state index contributed by atoms with van der Waals surface area (Å²) in [6.07, 6.45) is 5.70. The number of methoxy groups -OCH3 is 2. The van der Waals surface area contributed by atoms with Crippen LogP contribution in [0.3, 0.4) is 0 Å². The molecule has 0 amide bonds. The monoisotopic (exact) mass is 289 g/mol. The third kappa shape index (κ3) is 2.76. The molecule has 1 N–H and O–H groups in total. The fourth-order valence-electron chi connectivity index (χ4n) is 4.48. The third-order valence-corrected chi connectivity index (χ3v) is 5.41. The van der Waals surface area contributed by atoms with Crippen LogP contribution >= 0.6 is 0 Å². The topological polar surface area (TPSA) is 30.5 Å². The van der Waals surface area contributed by atoms with Crippen molar-refractivity contribution in [1.29, 1.82) is 0 Å². The molecule has 0 saturated heterocycles. The lowest BCUT2D eigenvalue weighted by molar-refractivity contribution is 0.252. The molecule has 2 saturated carbocycles. The van der Waals surface area contributed by atoms with E-state index in [1.165, 1.54) is 31.2 Å². The molecule has 0 aromatic heterocycles. The average molecular weight is 289 g/mol. The molecule has 21 heavy (non-hydrogen) atoms. The Morgan fingerprint density at radius 1 is 1.14 bits per heavy atom. The van der Waals surface area contributed by atoms with E-state index in [9.17, 15) is 0 Å². The summed E-state index contributed by atoms with van der Waals surface area (Å²) in [6.45, 7) is 3.20. The van der Waals surface area contributed by atoms with Gasteiger partial charge in [0.2, 0.25) is 0 Å². The minimum atomic E-state index is 0.449. The zero-order valence-corrected chi connectivity index (χ0v) is 13.4. The highest BCUT2D eigenvalue weighted by molar-refractivity contribution is 5.44. The van der Waals surface area contributed by atoms with E-state index in [0.29, 0.717) is 6.04 Å². The fourth-order valence-corrected chi connectivity index (χ4v) is 4.48. The summed E-state index contributed by atoms with van der Waals surface area (Å²) in [5.41, 5.74) is 1.34. The summed E-state index contributed by atoms with van der Waals surface area (Å²) in [6, 6.07) is 6.83. The molecule has 2 fully saturated rings. The van der Waals surface area contributed by atoms with Crippen molar-refractivity contribution < 1.29 is 9.47 Å². The Balaban J connectivity index is 1.86. The van der Waals surface area contributed by atoms with Crippen LogP contribution in [0.1, 0.15) is 44.2 Å². The van der Waals surface area contributed by atoms with E-state index in [2.05, 4.69) is 24.4 Å². The molecule has 1 aromatic rings. The Bertz CT molecular complexity index is 488. The van der Waals surface area contributed by atoms with Gasteiger partial charge in [-0.3, -0.25) is 0 Å². The summed E-state index contributed by atoms with van der Waals surface area (Å²) in [4.78, 5) is 0. The highest BCUT2D eigenvalue weighted by atomic mass is 16.5. The molecule has 4 unspecified atom stereocenters. The molecule has 0 radical (unpaired) electrons. The number of benzene rings is 1. The minimum absolute atomic E-state index is 0.449. The van der Waals surface area contributed by atoms with E-state index in [-0.39, 0.29) is 0 Å². The van der Waals surface area contributed by atoms with Crippen LogP contribution < -0.4 is 14.8 Å². The molecule has 2 aliphatic rings. The van der Waals surface area contributed by atoms with E-state index in [1.54, 1.807) is 14.2 Å². The van der Waals surface area contributed by atoms with Gasteiger partial charge in [-0.1, -0.05) is 19.4 Å². The lowest BCUT2D eigenvalue weighted by Crippen LogP contribution is -2.31. The Morgan fingerprint density at radius 3 is 2.52 bits per heavy atom. The van der Waals surface area contributed by atoms with Crippen LogP contribution in [0.15, 0.2) is 18.2 Å². The van der Waals surface area contributed by atoms with Gasteiger partial charge in [0.15, 0.2) is 11.5 Å². The molecule has 3 nitrogen and oxygen atoms in total. The van der Waals surface area contributed by atoms with Gasteiger partial charge in [-0.05, 0) is 61.3 Å². The molecule has 3 heteroatoms. The summed E-state index contributed by atoms with van der Waals surface area (Å²) in [7, 11) is 3.40. The van der Waals surface area contributed by atoms with Gasteiger partial charge < -0.3 is 14.8 Å². The second-order valence-corrected chi connectivity index (χ2v) is 6.49. The summed E-state index contributed by atoms with van der Waals surface area (Å²) in [5, 5.41) is 3.72. The molecule has 0 spiro atoms. The van der Waals surface area contributed by atoms with Crippen molar-refractivity contribution in [3.63, 3.8) is 0 Å². The number of fused-ring (bicyclic) bond motifs is 2.